The molecular formula is C31H35F6N7O8. The number of halogens is 6. The molecule has 9 N–H and O–H groups in total. The third-order valence-electron chi connectivity index (χ3n) is 5.94. The number of nitrogens with zero attached hydrogens (tertiary/aromatic N) is 2. The van der Waals surface area contributed by atoms with Gasteiger partial charge in [0.15, 0.2) is 5.82 Å². The summed E-state index contributed by atoms with van der Waals surface area (Å²) in [5.41, 5.74) is 13.6. The Hall–Kier alpha value is -6.15. The molecular weight excluding hydrogens is 712 g/mol. The summed E-state index contributed by atoms with van der Waals surface area (Å²) in [5, 5.41) is 27.5. The highest BCUT2D eigenvalue weighted by Gasteiger charge is 2.38. The summed E-state index contributed by atoms with van der Waals surface area (Å²) >= 11 is 0. The number of nitrogens with one attached hydrogen (secondary N) is 3. The van der Waals surface area contributed by atoms with Gasteiger partial charge in [0.2, 0.25) is 5.91 Å². The van der Waals surface area contributed by atoms with Crippen LogP contribution in [0.1, 0.15) is 38.8 Å². The minimum atomic E-state index is -5.08. The van der Waals surface area contributed by atoms with Crippen LogP contribution in [0.15, 0.2) is 53.5 Å². The van der Waals surface area contributed by atoms with E-state index >= 15 is 0 Å². The Morgan fingerprint density at radius 3 is 1.90 bits per heavy atom. The minimum Gasteiger partial charge on any atom is -0.475 e. The predicted octanol–water partition coefficient (Wildman–Crippen LogP) is 3.74. The first-order valence-electron chi connectivity index (χ1n) is 14.6. The number of carbonyl (C=O) groups is 4. The molecule has 52 heavy (non-hydrogen) atoms. The van der Waals surface area contributed by atoms with E-state index in [1.165, 1.54) is 16.8 Å². The molecule has 0 fully saturated rings. The van der Waals surface area contributed by atoms with Crippen molar-refractivity contribution in [3.8, 4) is 17.0 Å². The van der Waals surface area contributed by atoms with Crippen molar-refractivity contribution in [1.29, 1.82) is 5.41 Å². The van der Waals surface area contributed by atoms with Crippen LogP contribution in [-0.4, -0.2) is 67.8 Å². The average Bonchev–Trinajstić information content (AvgIpc) is 3.01. The number of amidine groups is 1. The van der Waals surface area contributed by atoms with Crippen molar-refractivity contribution >= 4 is 41.2 Å². The van der Waals surface area contributed by atoms with Gasteiger partial charge in [0.05, 0.1) is 17.8 Å². The molecule has 1 heterocycles. The molecule has 21 heteroatoms. The summed E-state index contributed by atoms with van der Waals surface area (Å²) in [7, 11) is 0. The van der Waals surface area contributed by atoms with Gasteiger partial charge < -0.3 is 37.1 Å². The first-order valence-corrected chi connectivity index (χ1v) is 14.6. The van der Waals surface area contributed by atoms with Gasteiger partial charge in [0.1, 0.15) is 18.1 Å². The Morgan fingerprint density at radius 1 is 0.942 bits per heavy atom. The molecule has 284 valence electrons. The summed E-state index contributed by atoms with van der Waals surface area (Å²) in [5.74, 6) is -6.40. The summed E-state index contributed by atoms with van der Waals surface area (Å²) in [6.45, 7) is 7.11. The zero-order valence-electron chi connectivity index (χ0n) is 27.8. The quantitative estimate of drug-likeness (QED) is 0.0391. The van der Waals surface area contributed by atoms with Crippen LogP contribution in [0.4, 0.5) is 37.8 Å². The predicted molar refractivity (Wildman–Crippen MR) is 174 cm³/mol. The fraction of sp³-hybridized carbons (Fsp3) is 0.323. The topological polar surface area (TPSA) is 253 Å². The number of benzene rings is 2. The van der Waals surface area contributed by atoms with Crippen LogP contribution < -0.4 is 32.4 Å². The Kier molecular flexibility index (Phi) is 15.8. The molecule has 0 aliphatic carbocycles. The number of ether oxygens (including phenoxy) is 1. The Morgan fingerprint density at radius 2 is 1.46 bits per heavy atom. The van der Waals surface area contributed by atoms with Gasteiger partial charge in [-0.25, -0.2) is 14.6 Å². The van der Waals surface area contributed by atoms with Crippen molar-refractivity contribution in [2.45, 2.75) is 59.2 Å². The summed E-state index contributed by atoms with van der Waals surface area (Å²) in [4.78, 5) is 60.5. The van der Waals surface area contributed by atoms with E-state index in [1.54, 1.807) is 50.2 Å². The van der Waals surface area contributed by atoms with E-state index < -0.39 is 41.7 Å². The van der Waals surface area contributed by atoms with Crippen molar-refractivity contribution in [1.82, 2.24) is 14.9 Å². The van der Waals surface area contributed by atoms with Crippen molar-refractivity contribution in [2.75, 3.05) is 11.1 Å². The molecule has 0 aliphatic heterocycles. The number of rotatable bonds is 10. The van der Waals surface area contributed by atoms with E-state index in [1.807, 2.05) is 13.8 Å². The number of nitrogens with two attached hydrogens (primary N) is 2. The van der Waals surface area contributed by atoms with Gasteiger partial charge in [-0.15, -0.1) is 0 Å². The smallest absolute Gasteiger partial charge is 0.475 e. The van der Waals surface area contributed by atoms with Crippen molar-refractivity contribution < 1.29 is 60.5 Å². The lowest BCUT2D eigenvalue weighted by Gasteiger charge is -2.17. The minimum absolute atomic E-state index is 0.0420. The first kappa shape index (κ1) is 43.9. The van der Waals surface area contributed by atoms with Crippen LogP contribution in [0.3, 0.4) is 0 Å². The molecule has 0 radical (unpaired) electrons. The van der Waals surface area contributed by atoms with Crippen molar-refractivity contribution in [3.63, 3.8) is 0 Å². The molecule has 0 spiro atoms. The molecule has 15 nitrogen and oxygen atoms in total. The Labute approximate surface area is 291 Å². The normalized spacial score (nSPS) is 11.0. The number of hydrogen-bond acceptors (Lipinski definition) is 10. The molecule has 0 saturated heterocycles. The number of hydrogen-bond donors (Lipinski definition) is 7. The fourth-order valence-electron chi connectivity index (χ4n) is 3.51. The highest BCUT2D eigenvalue weighted by Crippen LogP contribution is 2.27. The molecule has 3 rings (SSSR count). The van der Waals surface area contributed by atoms with E-state index in [0.29, 0.717) is 22.5 Å². The molecule has 1 aromatic heterocycles. The zero-order chi connectivity index (χ0) is 40.1. The summed E-state index contributed by atoms with van der Waals surface area (Å²) < 4.78 is 70.2. The van der Waals surface area contributed by atoms with Crippen LogP contribution in [0, 0.1) is 11.3 Å². The molecule has 0 saturated carbocycles. The molecule has 1 amide bonds. The summed E-state index contributed by atoms with van der Waals surface area (Å²) in [6, 6.07) is 11.6. The first-order chi connectivity index (χ1) is 23.8. The average molecular weight is 748 g/mol. The van der Waals surface area contributed by atoms with Gasteiger partial charge in [-0.2, -0.15) is 26.3 Å². The highest BCUT2D eigenvalue weighted by molar-refractivity contribution is 5.94. The van der Waals surface area contributed by atoms with Gasteiger partial charge in [0, 0.05) is 35.5 Å². The summed E-state index contributed by atoms with van der Waals surface area (Å²) in [6.07, 6.45) is -8.69. The molecule has 3 aromatic rings. The number of aromatic nitrogens is 2. The number of aliphatic carboxylic acids is 2. The number of alkyl halides is 6. The van der Waals surface area contributed by atoms with Crippen LogP contribution in [0.25, 0.3) is 11.3 Å². The number of nitrogen functional groups attached to an aromatic ring is 2. The fourth-order valence-corrected chi connectivity index (χ4v) is 3.51. The molecule has 0 atom stereocenters. The van der Waals surface area contributed by atoms with Gasteiger partial charge in [-0.3, -0.25) is 24.4 Å². The standard InChI is InChI=1S/C27H33N7O4.2C2HF3O2/c1-15(2)27(37)38-21-10-19(9-20(28)11-21)22-13-32-25(33-16(3)4)26(36)34(22)14-23(35)31-12-17-5-7-18(8-6-17)24(29)30;2*3-2(4,5)1(6)7/h5-11,13,15-16H,12,14,28H2,1-4H3,(H3,29,30)(H,31,35)(H,32,33);2*(H,6,7). The number of carboxylic acids is 2. The second-order valence-corrected chi connectivity index (χ2v) is 11.0. The Balaban J connectivity index is 0.000000812. The SMILES string of the molecule is CC(C)Nc1ncc(-c2cc(N)cc(OC(=O)C(C)C)c2)n(CC(=O)NCc2ccc(C(=N)N)cc2)c1=O.O=C(O)C(F)(F)F.O=C(O)C(F)(F)F. The van der Waals surface area contributed by atoms with Gasteiger partial charge in [-0.05, 0) is 31.5 Å². The lowest BCUT2D eigenvalue weighted by Crippen LogP contribution is -2.35. The molecule has 0 aliphatic rings. The van der Waals surface area contributed by atoms with Crippen molar-refractivity contribution in [3.05, 3.63) is 70.1 Å². The van der Waals surface area contributed by atoms with E-state index in [4.69, 9.17) is 41.4 Å². The van der Waals surface area contributed by atoms with E-state index in [0.717, 1.165) is 5.56 Å². The van der Waals surface area contributed by atoms with Gasteiger partial charge in [-0.1, -0.05) is 38.1 Å². The van der Waals surface area contributed by atoms with Crippen LogP contribution in [-0.2, 0) is 32.3 Å². The lowest BCUT2D eigenvalue weighted by atomic mass is 10.1. The van der Waals surface area contributed by atoms with Crippen LogP contribution in [0.5, 0.6) is 5.75 Å². The molecule has 0 unspecified atom stereocenters. The van der Waals surface area contributed by atoms with E-state index in [-0.39, 0.29) is 42.5 Å². The highest BCUT2D eigenvalue weighted by atomic mass is 19.4. The third-order valence-corrected chi connectivity index (χ3v) is 5.94. The molecule has 0 bridgehead atoms. The van der Waals surface area contributed by atoms with Gasteiger partial charge >= 0.3 is 30.3 Å². The zero-order valence-corrected chi connectivity index (χ0v) is 27.8. The van der Waals surface area contributed by atoms with Gasteiger partial charge in [0.25, 0.3) is 5.56 Å². The number of amides is 1. The lowest BCUT2D eigenvalue weighted by molar-refractivity contribution is -0.193. The largest absolute Gasteiger partial charge is 0.490 e. The maximum atomic E-state index is 13.4. The number of carboxylic acid groups (broad SMARTS) is 2. The number of anilines is 2. The second-order valence-electron chi connectivity index (χ2n) is 11.0. The monoisotopic (exact) mass is 747 g/mol. The van der Waals surface area contributed by atoms with Crippen LogP contribution in [0.2, 0.25) is 0 Å². The second kappa shape index (κ2) is 18.7. The van der Waals surface area contributed by atoms with E-state index in [9.17, 15) is 40.7 Å². The van der Waals surface area contributed by atoms with Crippen LogP contribution >= 0.6 is 0 Å². The van der Waals surface area contributed by atoms with Crippen molar-refractivity contribution in [2.24, 2.45) is 11.7 Å². The molecule has 2 aromatic carbocycles. The third kappa shape index (κ3) is 14.8. The maximum Gasteiger partial charge on any atom is 0.490 e. The number of carbonyl (C=O) groups excluding carboxylic acids is 2. The van der Waals surface area contributed by atoms with E-state index in [2.05, 4.69) is 15.6 Å². The number of esters is 1. The maximum absolute atomic E-state index is 13.4. The Bertz CT molecular complexity index is 1790.